The van der Waals surface area contributed by atoms with E-state index in [2.05, 4.69) is 29.7 Å². The number of benzene rings is 2. The molecule has 5 heteroatoms. The van der Waals surface area contributed by atoms with E-state index in [-0.39, 0.29) is 0 Å². The summed E-state index contributed by atoms with van der Waals surface area (Å²) in [5.41, 5.74) is 11.1. The van der Waals surface area contributed by atoms with E-state index in [1.165, 1.54) is 12.8 Å². The van der Waals surface area contributed by atoms with Crippen LogP contribution in [0.4, 0.5) is 5.69 Å². The van der Waals surface area contributed by atoms with Crippen LogP contribution in [0, 0.1) is 6.92 Å². The number of aryl methyl sites for hydroxylation is 2. The van der Waals surface area contributed by atoms with Crippen molar-refractivity contribution in [3.63, 3.8) is 0 Å². The van der Waals surface area contributed by atoms with Crippen molar-refractivity contribution in [2.45, 2.75) is 39.7 Å². The molecular formula is C21H25N3O2. The quantitative estimate of drug-likeness (QED) is 0.541. The number of nitrogen functional groups attached to an aromatic ring is 1. The third-order valence-electron chi connectivity index (χ3n) is 4.93. The number of anilines is 1. The van der Waals surface area contributed by atoms with Crippen LogP contribution in [0.1, 0.15) is 31.7 Å². The van der Waals surface area contributed by atoms with Crippen molar-refractivity contribution in [2.24, 2.45) is 0 Å². The lowest BCUT2D eigenvalue weighted by molar-refractivity contribution is 0.172. The summed E-state index contributed by atoms with van der Waals surface area (Å²) in [5.74, 6) is 2.53. The Labute approximate surface area is 153 Å². The van der Waals surface area contributed by atoms with Crippen molar-refractivity contribution in [2.75, 3.05) is 18.9 Å². The van der Waals surface area contributed by atoms with E-state index in [0.717, 1.165) is 58.1 Å². The molecule has 0 amide bonds. The Balaban J connectivity index is 1.86. The summed E-state index contributed by atoms with van der Waals surface area (Å²) in [6.07, 6.45) is 3.50. The molecule has 0 unspecified atom stereocenters. The lowest BCUT2D eigenvalue weighted by Gasteiger charge is -2.18. The average Bonchev–Trinajstić information content (AvgIpc) is 3.00. The number of unbranched alkanes of at least 4 members (excludes halogenated alkanes) is 2. The Bertz CT molecular complexity index is 946. The van der Waals surface area contributed by atoms with E-state index in [0.29, 0.717) is 13.2 Å². The fraction of sp³-hybridized carbons (Fsp3) is 0.381. The summed E-state index contributed by atoms with van der Waals surface area (Å²) in [6, 6.07) is 10.2. The summed E-state index contributed by atoms with van der Waals surface area (Å²) >= 11 is 0. The lowest BCUT2D eigenvalue weighted by atomic mass is 10.1. The summed E-state index contributed by atoms with van der Waals surface area (Å²) < 4.78 is 13.8. The van der Waals surface area contributed by atoms with Crippen LogP contribution in [0.25, 0.3) is 22.4 Å². The minimum Gasteiger partial charge on any atom is -0.486 e. The minimum absolute atomic E-state index is 0.580. The van der Waals surface area contributed by atoms with Crippen LogP contribution < -0.4 is 15.2 Å². The van der Waals surface area contributed by atoms with Crippen molar-refractivity contribution in [1.82, 2.24) is 9.55 Å². The van der Waals surface area contributed by atoms with Gasteiger partial charge in [-0.25, -0.2) is 4.98 Å². The second-order valence-electron chi connectivity index (χ2n) is 6.85. The zero-order valence-electron chi connectivity index (χ0n) is 15.4. The first-order valence-electron chi connectivity index (χ1n) is 9.33. The SMILES string of the molecule is CCCCCn1c(-c2ccc(C)c(N)c2)nc2cc3c(cc21)OCCO3. The number of rotatable bonds is 5. The molecule has 0 atom stereocenters. The molecule has 26 heavy (non-hydrogen) atoms. The van der Waals surface area contributed by atoms with Gasteiger partial charge in [-0.2, -0.15) is 0 Å². The Morgan fingerprint density at radius 1 is 1.08 bits per heavy atom. The third kappa shape index (κ3) is 2.98. The van der Waals surface area contributed by atoms with E-state index < -0.39 is 0 Å². The molecule has 1 aromatic heterocycles. The molecule has 1 aliphatic heterocycles. The summed E-state index contributed by atoms with van der Waals surface area (Å²) in [5, 5.41) is 0. The predicted octanol–water partition coefficient (Wildman–Crippen LogP) is 4.56. The van der Waals surface area contributed by atoms with Gasteiger partial charge in [0.1, 0.15) is 19.0 Å². The lowest BCUT2D eigenvalue weighted by Crippen LogP contribution is -2.15. The highest BCUT2D eigenvalue weighted by Gasteiger charge is 2.19. The predicted molar refractivity (Wildman–Crippen MR) is 105 cm³/mol. The summed E-state index contributed by atoms with van der Waals surface area (Å²) in [6.45, 7) is 6.33. The molecule has 2 aromatic carbocycles. The summed E-state index contributed by atoms with van der Waals surface area (Å²) in [4.78, 5) is 4.91. The smallest absolute Gasteiger partial charge is 0.163 e. The number of imidazole rings is 1. The molecule has 136 valence electrons. The van der Waals surface area contributed by atoms with Gasteiger partial charge in [0.05, 0.1) is 11.0 Å². The maximum atomic E-state index is 6.15. The van der Waals surface area contributed by atoms with E-state index in [1.807, 2.05) is 19.1 Å². The number of ether oxygens (including phenoxy) is 2. The largest absolute Gasteiger partial charge is 0.486 e. The molecular weight excluding hydrogens is 326 g/mol. The number of fused-ring (bicyclic) bond motifs is 2. The highest BCUT2D eigenvalue weighted by Crippen LogP contribution is 2.37. The van der Waals surface area contributed by atoms with Gasteiger partial charge in [0.25, 0.3) is 0 Å². The maximum Gasteiger partial charge on any atom is 0.163 e. The van der Waals surface area contributed by atoms with E-state index in [1.54, 1.807) is 0 Å². The molecule has 0 saturated heterocycles. The topological polar surface area (TPSA) is 62.3 Å². The van der Waals surface area contributed by atoms with Crippen LogP contribution in [0.2, 0.25) is 0 Å². The molecule has 0 bridgehead atoms. The van der Waals surface area contributed by atoms with E-state index in [4.69, 9.17) is 20.2 Å². The summed E-state index contributed by atoms with van der Waals surface area (Å²) in [7, 11) is 0. The van der Waals surface area contributed by atoms with E-state index >= 15 is 0 Å². The highest BCUT2D eigenvalue weighted by molar-refractivity contribution is 5.84. The van der Waals surface area contributed by atoms with Gasteiger partial charge in [0, 0.05) is 29.9 Å². The van der Waals surface area contributed by atoms with Crippen LogP contribution in [0.15, 0.2) is 30.3 Å². The Hall–Kier alpha value is -2.69. The van der Waals surface area contributed by atoms with Crippen LogP contribution in [0.3, 0.4) is 0 Å². The molecule has 2 heterocycles. The second kappa shape index (κ2) is 6.90. The van der Waals surface area contributed by atoms with Gasteiger partial charge in [-0.05, 0) is 25.0 Å². The molecule has 1 aliphatic rings. The number of nitrogens with two attached hydrogens (primary N) is 1. The third-order valence-corrected chi connectivity index (χ3v) is 4.93. The zero-order chi connectivity index (χ0) is 18.1. The van der Waals surface area contributed by atoms with Crippen molar-refractivity contribution < 1.29 is 9.47 Å². The maximum absolute atomic E-state index is 6.15. The standard InChI is InChI=1S/C21H25N3O2/c1-3-4-5-8-24-18-13-20-19(25-9-10-26-20)12-17(18)23-21(24)15-7-6-14(2)16(22)11-15/h6-7,11-13H,3-5,8-10,22H2,1-2H3. The van der Waals surface area contributed by atoms with Gasteiger partial charge in [-0.1, -0.05) is 31.9 Å². The fourth-order valence-electron chi connectivity index (χ4n) is 3.41. The van der Waals surface area contributed by atoms with Crippen molar-refractivity contribution >= 4 is 16.7 Å². The van der Waals surface area contributed by atoms with Gasteiger partial charge >= 0.3 is 0 Å². The van der Waals surface area contributed by atoms with Crippen LogP contribution in [0.5, 0.6) is 11.5 Å². The Kier molecular flexibility index (Phi) is 4.45. The minimum atomic E-state index is 0.580. The molecule has 3 aromatic rings. The number of nitrogens with zero attached hydrogens (tertiary/aromatic N) is 2. The molecule has 0 aliphatic carbocycles. The monoisotopic (exact) mass is 351 g/mol. The van der Waals surface area contributed by atoms with Crippen molar-refractivity contribution in [3.8, 4) is 22.9 Å². The van der Waals surface area contributed by atoms with Gasteiger partial charge in [0.2, 0.25) is 0 Å². The average molecular weight is 351 g/mol. The normalized spacial score (nSPS) is 13.3. The molecule has 0 radical (unpaired) electrons. The van der Waals surface area contributed by atoms with Crippen LogP contribution in [-0.4, -0.2) is 22.8 Å². The molecule has 4 rings (SSSR count). The number of hydrogen-bond donors (Lipinski definition) is 1. The molecule has 0 spiro atoms. The molecule has 0 fully saturated rings. The van der Waals surface area contributed by atoms with Crippen molar-refractivity contribution in [1.29, 1.82) is 0 Å². The van der Waals surface area contributed by atoms with Gasteiger partial charge < -0.3 is 19.8 Å². The zero-order valence-corrected chi connectivity index (χ0v) is 15.4. The number of hydrogen-bond acceptors (Lipinski definition) is 4. The highest BCUT2D eigenvalue weighted by atomic mass is 16.6. The number of aromatic nitrogens is 2. The van der Waals surface area contributed by atoms with Gasteiger partial charge in [0.15, 0.2) is 11.5 Å². The van der Waals surface area contributed by atoms with Crippen LogP contribution >= 0.6 is 0 Å². The van der Waals surface area contributed by atoms with Gasteiger partial charge in [-0.3, -0.25) is 0 Å². The molecule has 0 saturated carbocycles. The molecule has 5 nitrogen and oxygen atoms in total. The first-order chi connectivity index (χ1) is 12.7. The fourth-order valence-corrected chi connectivity index (χ4v) is 3.41. The first-order valence-corrected chi connectivity index (χ1v) is 9.33. The van der Waals surface area contributed by atoms with E-state index in [9.17, 15) is 0 Å². The second-order valence-corrected chi connectivity index (χ2v) is 6.85. The first kappa shape index (κ1) is 16.8. The van der Waals surface area contributed by atoms with Crippen LogP contribution in [-0.2, 0) is 6.54 Å². The Morgan fingerprint density at radius 3 is 2.58 bits per heavy atom. The Morgan fingerprint density at radius 2 is 1.85 bits per heavy atom. The van der Waals surface area contributed by atoms with Crippen molar-refractivity contribution in [3.05, 3.63) is 35.9 Å². The van der Waals surface area contributed by atoms with Gasteiger partial charge in [-0.15, -0.1) is 0 Å². The molecule has 2 N–H and O–H groups in total.